The number of carbonyl (C=O) groups excluding carboxylic acids is 1. The Morgan fingerprint density at radius 2 is 1.66 bits per heavy atom. The SMILES string of the molecule is CN(C(=O)N[C@@H](CCC(=O)O)C(=O)O)[C@@H](CCCCNCCCCCCn1cc(CCCF)nn1)C(=O)O. The number of carboxylic acid groups (broad SMARTS) is 3. The van der Waals surface area contributed by atoms with Crippen molar-refractivity contribution in [2.24, 2.45) is 0 Å². The molecule has 0 saturated carbocycles. The van der Waals surface area contributed by atoms with E-state index in [0.717, 1.165) is 49.4 Å². The molecule has 1 aromatic rings. The highest BCUT2D eigenvalue weighted by atomic mass is 19.1. The second kappa shape index (κ2) is 18.9. The van der Waals surface area contributed by atoms with Crippen LogP contribution < -0.4 is 10.6 Å². The molecule has 0 saturated heterocycles. The van der Waals surface area contributed by atoms with Crippen LogP contribution in [0.1, 0.15) is 69.9 Å². The van der Waals surface area contributed by atoms with E-state index < -0.39 is 42.4 Å². The van der Waals surface area contributed by atoms with Crippen molar-refractivity contribution < 1.29 is 38.9 Å². The lowest BCUT2D eigenvalue weighted by Gasteiger charge is -2.26. The van der Waals surface area contributed by atoms with Gasteiger partial charge in [0.05, 0.1) is 12.4 Å². The Labute approximate surface area is 221 Å². The monoisotopic (exact) mass is 544 g/mol. The molecule has 2 amide bonds. The van der Waals surface area contributed by atoms with Gasteiger partial charge in [0.1, 0.15) is 12.1 Å². The van der Waals surface area contributed by atoms with Gasteiger partial charge in [-0.3, -0.25) is 13.9 Å². The summed E-state index contributed by atoms with van der Waals surface area (Å²) in [6.45, 7) is 1.98. The van der Waals surface area contributed by atoms with Crippen LogP contribution in [0.5, 0.6) is 0 Å². The predicted octanol–water partition coefficient (Wildman–Crippen LogP) is 1.91. The average molecular weight is 545 g/mol. The molecule has 5 N–H and O–H groups in total. The standard InChI is InChI=1S/C24H41FN6O7/c1-30(24(38)27-19(22(34)35)11-12-21(32)33)20(23(36)37)10-4-6-15-26-14-5-2-3-7-16-31-17-18(28-29-31)9-8-13-25/h17,19-20,26H,2-16H2,1H3,(H,27,38)(H,32,33)(H,34,35)(H,36,37)/t19-,20-/m0/s1. The van der Waals surface area contributed by atoms with Crippen molar-refractivity contribution in [2.75, 3.05) is 26.8 Å². The summed E-state index contributed by atoms with van der Waals surface area (Å²) in [6, 6.07) is -3.43. The second-order valence-corrected chi connectivity index (χ2v) is 9.16. The van der Waals surface area contributed by atoms with Gasteiger partial charge in [-0.05, 0) is 64.5 Å². The number of likely N-dealkylation sites (N-methyl/N-ethyl adjacent to an activating group) is 1. The molecular weight excluding hydrogens is 503 g/mol. The molecule has 0 fully saturated rings. The van der Waals surface area contributed by atoms with E-state index in [4.69, 9.17) is 5.11 Å². The van der Waals surface area contributed by atoms with Gasteiger partial charge in [-0.2, -0.15) is 0 Å². The van der Waals surface area contributed by atoms with Gasteiger partial charge in [-0.15, -0.1) is 5.10 Å². The third-order valence-electron chi connectivity index (χ3n) is 6.04. The Hall–Kier alpha value is -3.29. The average Bonchev–Trinajstić information content (AvgIpc) is 3.32. The van der Waals surface area contributed by atoms with Crippen LogP contribution in [0.2, 0.25) is 0 Å². The van der Waals surface area contributed by atoms with E-state index in [1.165, 1.54) is 7.05 Å². The van der Waals surface area contributed by atoms with Crippen molar-refractivity contribution in [1.82, 2.24) is 30.5 Å². The number of unbranched alkanes of at least 4 members (excludes halogenated alkanes) is 4. The Kier molecular flexibility index (Phi) is 16.3. The van der Waals surface area contributed by atoms with Gasteiger partial charge in [-0.25, -0.2) is 14.4 Å². The van der Waals surface area contributed by atoms with E-state index in [2.05, 4.69) is 20.9 Å². The van der Waals surface area contributed by atoms with Gasteiger partial charge in [0.2, 0.25) is 0 Å². The number of hydrogen-bond donors (Lipinski definition) is 5. The largest absolute Gasteiger partial charge is 0.481 e. The maximum Gasteiger partial charge on any atom is 0.326 e. The molecule has 0 aliphatic heterocycles. The fourth-order valence-electron chi connectivity index (χ4n) is 3.80. The molecule has 0 spiro atoms. The molecule has 0 aromatic carbocycles. The number of aromatic nitrogens is 3. The van der Waals surface area contributed by atoms with Crippen molar-refractivity contribution in [2.45, 2.75) is 89.3 Å². The molecule has 14 heteroatoms. The first-order chi connectivity index (χ1) is 18.1. The number of aliphatic carboxylic acids is 3. The van der Waals surface area contributed by atoms with Gasteiger partial charge in [0.25, 0.3) is 0 Å². The maximum atomic E-state index is 12.4. The van der Waals surface area contributed by atoms with Crippen molar-refractivity contribution in [3.63, 3.8) is 0 Å². The van der Waals surface area contributed by atoms with Crippen LogP contribution in [0.15, 0.2) is 6.20 Å². The quantitative estimate of drug-likeness (QED) is 0.135. The summed E-state index contributed by atoms with van der Waals surface area (Å²) in [5.74, 6) is -3.78. The van der Waals surface area contributed by atoms with E-state index in [0.29, 0.717) is 32.2 Å². The minimum absolute atomic E-state index is 0.200. The summed E-state index contributed by atoms with van der Waals surface area (Å²) >= 11 is 0. The van der Waals surface area contributed by atoms with E-state index in [9.17, 15) is 33.8 Å². The first-order valence-corrected chi connectivity index (χ1v) is 13.0. The van der Waals surface area contributed by atoms with E-state index in [-0.39, 0.29) is 19.5 Å². The fourth-order valence-corrected chi connectivity index (χ4v) is 3.80. The normalized spacial score (nSPS) is 12.6. The number of carbonyl (C=O) groups is 4. The molecule has 0 aliphatic rings. The zero-order valence-corrected chi connectivity index (χ0v) is 22.0. The number of amides is 2. The Morgan fingerprint density at radius 3 is 2.29 bits per heavy atom. The number of urea groups is 1. The highest BCUT2D eigenvalue weighted by Crippen LogP contribution is 2.10. The van der Waals surface area contributed by atoms with Crippen LogP contribution in [0.3, 0.4) is 0 Å². The van der Waals surface area contributed by atoms with Crippen molar-refractivity contribution in [3.05, 3.63) is 11.9 Å². The number of alkyl halides is 1. The number of hydrogen-bond acceptors (Lipinski definition) is 7. The number of aryl methyl sites for hydroxylation is 2. The van der Waals surface area contributed by atoms with Gasteiger partial charge in [0, 0.05) is 26.2 Å². The zero-order chi connectivity index (χ0) is 28.3. The molecule has 216 valence electrons. The van der Waals surface area contributed by atoms with Crippen LogP contribution in [0, 0.1) is 0 Å². The summed E-state index contributed by atoms with van der Waals surface area (Å²) in [4.78, 5) is 46.9. The molecule has 1 rings (SSSR count). The lowest BCUT2D eigenvalue weighted by molar-refractivity contribution is -0.142. The molecule has 13 nitrogen and oxygen atoms in total. The minimum atomic E-state index is -1.42. The number of nitrogens with zero attached hydrogens (tertiary/aromatic N) is 4. The summed E-state index contributed by atoms with van der Waals surface area (Å²) in [5, 5.41) is 41.0. The minimum Gasteiger partial charge on any atom is -0.481 e. The molecule has 2 atom stereocenters. The zero-order valence-electron chi connectivity index (χ0n) is 22.0. The molecule has 0 bridgehead atoms. The van der Waals surface area contributed by atoms with Crippen LogP contribution in [0.4, 0.5) is 9.18 Å². The third-order valence-corrected chi connectivity index (χ3v) is 6.04. The van der Waals surface area contributed by atoms with Gasteiger partial charge >= 0.3 is 23.9 Å². The highest BCUT2D eigenvalue weighted by Gasteiger charge is 2.29. The van der Waals surface area contributed by atoms with Crippen molar-refractivity contribution in [1.29, 1.82) is 0 Å². The van der Waals surface area contributed by atoms with Crippen LogP contribution in [-0.2, 0) is 27.3 Å². The second-order valence-electron chi connectivity index (χ2n) is 9.16. The van der Waals surface area contributed by atoms with E-state index >= 15 is 0 Å². The first-order valence-electron chi connectivity index (χ1n) is 13.0. The molecule has 1 heterocycles. The third kappa shape index (κ3) is 13.9. The van der Waals surface area contributed by atoms with Crippen molar-refractivity contribution in [3.8, 4) is 0 Å². The Balaban J connectivity index is 2.18. The smallest absolute Gasteiger partial charge is 0.326 e. The highest BCUT2D eigenvalue weighted by molar-refractivity contribution is 5.86. The van der Waals surface area contributed by atoms with Crippen LogP contribution >= 0.6 is 0 Å². The number of rotatable bonds is 22. The van der Waals surface area contributed by atoms with Gasteiger partial charge < -0.3 is 30.9 Å². The summed E-state index contributed by atoms with van der Waals surface area (Å²) in [7, 11) is 1.27. The Bertz CT molecular complexity index is 869. The van der Waals surface area contributed by atoms with Gasteiger partial charge in [0.15, 0.2) is 0 Å². The number of nitrogens with one attached hydrogen (secondary N) is 2. The predicted molar refractivity (Wildman–Crippen MR) is 136 cm³/mol. The Morgan fingerprint density at radius 1 is 0.974 bits per heavy atom. The molecule has 0 unspecified atom stereocenters. The lowest BCUT2D eigenvalue weighted by atomic mass is 10.1. The van der Waals surface area contributed by atoms with E-state index in [1.807, 2.05) is 6.20 Å². The summed E-state index contributed by atoms with van der Waals surface area (Å²) < 4.78 is 14.0. The summed E-state index contributed by atoms with van der Waals surface area (Å²) in [5.41, 5.74) is 0.816. The molecular formula is C24H41FN6O7. The maximum absolute atomic E-state index is 12.4. The lowest BCUT2D eigenvalue weighted by Crippen LogP contribution is -2.52. The summed E-state index contributed by atoms with van der Waals surface area (Å²) in [6.07, 6.45) is 7.75. The first kappa shape index (κ1) is 32.7. The molecule has 38 heavy (non-hydrogen) atoms. The molecule has 0 radical (unpaired) electrons. The molecule has 1 aromatic heterocycles. The van der Waals surface area contributed by atoms with Crippen LogP contribution in [-0.4, -0.2) is 98.0 Å². The van der Waals surface area contributed by atoms with Crippen molar-refractivity contribution >= 4 is 23.9 Å². The topological polar surface area (TPSA) is 187 Å². The molecule has 0 aliphatic carbocycles. The van der Waals surface area contributed by atoms with Gasteiger partial charge in [-0.1, -0.05) is 18.1 Å². The van der Waals surface area contributed by atoms with Crippen LogP contribution in [0.25, 0.3) is 0 Å². The van der Waals surface area contributed by atoms with E-state index in [1.54, 1.807) is 4.68 Å². The number of carboxylic acids is 3. The fraction of sp³-hybridized carbons (Fsp3) is 0.750. The number of halogens is 1.